The maximum Gasteiger partial charge on any atom is 0.417 e. The van der Waals surface area contributed by atoms with Crippen molar-refractivity contribution in [3.63, 3.8) is 0 Å². The van der Waals surface area contributed by atoms with Crippen molar-refractivity contribution in [1.29, 1.82) is 0 Å². The van der Waals surface area contributed by atoms with Gasteiger partial charge in [0.15, 0.2) is 0 Å². The average Bonchev–Trinajstić information content (AvgIpc) is 3.21. The van der Waals surface area contributed by atoms with Crippen LogP contribution in [0, 0.1) is 17.5 Å². The molecule has 3 atom stereocenters. The summed E-state index contributed by atoms with van der Waals surface area (Å²) >= 11 is 6.89. The van der Waals surface area contributed by atoms with Crippen molar-refractivity contribution in [2.24, 2.45) is 0 Å². The molecule has 0 bridgehead atoms. The average molecular weight is 694 g/mol. The summed E-state index contributed by atoms with van der Waals surface area (Å²) in [7, 11) is 0. The minimum atomic E-state index is -5.04. The number of carbonyl (C=O) groups excluding carboxylic acids is 1. The fraction of sp³-hybridized carbons (Fsp3) is 0.312. The van der Waals surface area contributed by atoms with Crippen molar-refractivity contribution in [3.8, 4) is 11.1 Å². The highest BCUT2D eigenvalue weighted by molar-refractivity contribution is 7.99. The van der Waals surface area contributed by atoms with Crippen molar-refractivity contribution in [3.05, 3.63) is 93.4 Å². The Balaban J connectivity index is 1.66. The highest BCUT2D eigenvalue weighted by atomic mass is 35.5. The number of piperazine rings is 1. The number of benzene rings is 2. The molecule has 15 heteroatoms. The molecule has 0 spiro atoms. The van der Waals surface area contributed by atoms with Crippen molar-refractivity contribution in [2.75, 3.05) is 23.7 Å². The number of aromatic nitrogens is 3. The van der Waals surface area contributed by atoms with Gasteiger partial charge in [0.2, 0.25) is 5.91 Å². The van der Waals surface area contributed by atoms with Gasteiger partial charge in [-0.25, -0.2) is 18.0 Å². The van der Waals surface area contributed by atoms with Gasteiger partial charge in [-0.1, -0.05) is 18.2 Å². The summed E-state index contributed by atoms with van der Waals surface area (Å²) in [6.45, 7) is 7.25. The first kappa shape index (κ1) is 32.9. The van der Waals surface area contributed by atoms with Gasteiger partial charge in [-0.15, -0.1) is 11.8 Å². The predicted octanol–water partition coefficient (Wildman–Crippen LogP) is 7.05. The predicted molar refractivity (Wildman–Crippen MR) is 167 cm³/mol. The van der Waals surface area contributed by atoms with Crippen LogP contribution in [0.15, 0.2) is 59.0 Å². The van der Waals surface area contributed by atoms with Gasteiger partial charge in [0, 0.05) is 77.1 Å². The van der Waals surface area contributed by atoms with E-state index in [-0.39, 0.29) is 52.9 Å². The molecule has 4 aromatic rings. The SMILES string of the molecule is C=CC(=O)N1[C@H](C)CN(c2nc(=O)n3c4c(c(-c5cc(Cl)c(F)cc5F)c(C(F)(F)F)cc24)SC[C@@H](c2cncc(F)c2)C3)C[C@@H]1C. The molecular weight excluding hydrogens is 668 g/mol. The molecule has 0 saturated carbocycles. The van der Waals surface area contributed by atoms with Crippen molar-refractivity contribution >= 4 is 46.0 Å². The molecule has 47 heavy (non-hydrogen) atoms. The van der Waals surface area contributed by atoms with Crippen LogP contribution in [-0.4, -0.2) is 56.3 Å². The molecule has 1 fully saturated rings. The zero-order chi connectivity index (χ0) is 33.9. The Hall–Kier alpha value is -4.04. The van der Waals surface area contributed by atoms with E-state index < -0.39 is 69.0 Å². The van der Waals surface area contributed by atoms with E-state index >= 15 is 17.6 Å². The minimum Gasteiger partial charge on any atom is -0.352 e. The van der Waals surface area contributed by atoms with E-state index in [0.717, 1.165) is 30.1 Å². The highest BCUT2D eigenvalue weighted by Gasteiger charge is 2.40. The summed E-state index contributed by atoms with van der Waals surface area (Å²) < 4.78 is 90.1. The number of alkyl halides is 3. The molecule has 2 aliphatic heterocycles. The van der Waals surface area contributed by atoms with Gasteiger partial charge in [0.05, 0.1) is 22.3 Å². The Morgan fingerprint density at radius 3 is 2.38 bits per heavy atom. The zero-order valence-electron chi connectivity index (χ0n) is 24.9. The van der Waals surface area contributed by atoms with E-state index in [0.29, 0.717) is 11.6 Å². The summed E-state index contributed by atoms with van der Waals surface area (Å²) in [5, 5.41) is -0.621. The van der Waals surface area contributed by atoms with Crippen LogP contribution < -0.4 is 10.6 Å². The van der Waals surface area contributed by atoms with E-state index in [4.69, 9.17) is 11.6 Å². The lowest BCUT2D eigenvalue weighted by Crippen LogP contribution is -2.58. The minimum absolute atomic E-state index is 0.0299. The Labute approximate surface area is 273 Å². The lowest BCUT2D eigenvalue weighted by Gasteiger charge is -2.44. The van der Waals surface area contributed by atoms with Gasteiger partial charge in [0.25, 0.3) is 0 Å². The normalized spacial score (nSPS) is 20.0. The van der Waals surface area contributed by atoms with Crippen LogP contribution in [-0.2, 0) is 17.5 Å². The molecule has 2 aliphatic rings. The highest BCUT2D eigenvalue weighted by Crippen LogP contribution is 2.50. The standard InChI is InChI=1S/C32H26ClF6N5O2S/c1-4-26(45)44-15(2)11-42(12-16(44)3)30-21-6-22(32(37,38)39)27(20-7-23(33)25(36)8-24(20)35)29-28(21)43(31(46)41-30)13-18(14-47-29)17-5-19(34)10-40-9-17/h4-10,15-16,18H,1,11-14H2,2-3H3/t15-,16+,18-/m0/s1. The summed E-state index contributed by atoms with van der Waals surface area (Å²) in [6, 6.07) is 2.42. The fourth-order valence-electron chi connectivity index (χ4n) is 6.49. The first-order valence-corrected chi connectivity index (χ1v) is 15.8. The molecule has 1 saturated heterocycles. The third-order valence-corrected chi connectivity index (χ3v) is 10.0. The van der Waals surface area contributed by atoms with Crippen molar-refractivity contribution < 1.29 is 31.1 Å². The van der Waals surface area contributed by atoms with Crippen LogP contribution in [0.25, 0.3) is 22.0 Å². The molecule has 0 aliphatic carbocycles. The third-order valence-electron chi connectivity index (χ3n) is 8.46. The smallest absolute Gasteiger partial charge is 0.352 e. The van der Waals surface area contributed by atoms with Crippen LogP contribution in [0.5, 0.6) is 0 Å². The number of anilines is 1. The Morgan fingerprint density at radius 2 is 1.74 bits per heavy atom. The number of nitrogens with zero attached hydrogens (tertiary/aromatic N) is 5. The molecule has 0 radical (unpaired) electrons. The molecule has 6 rings (SSSR count). The fourth-order valence-corrected chi connectivity index (χ4v) is 8.05. The topological polar surface area (TPSA) is 71.3 Å². The van der Waals surface area contributed by atoms with Gasteiger partial charge in [0.1, 0.15) is 23.3 Å². The van der Waals surface area contributed by atoms with Gasteiger partial charge < -0.3 is 9.80 Å². The Bertz CT molecular complexity index is 1990. The lowest BCUT2D eigenvalue weighted by molar-refractivity contribution is -0.137. The number of thioether (sulfide) groups is 1. The number of hydrogen-bond donors (Lipinski definition) is 0. The van der Waals surface area contributed by atoms with Gasteiger partial charge in [-0.3, -0.25) is 14.3 Å². The quantitative estimate of drug-likeness (QED) is 0.130. The van der Waals surface area contributed by atoms with Crippen LogP contribution in [0.1, 0.15) is 30.9 Å². The molecule has 0 N–H and O–H groups in total. The third kappa shape index (κ3) is 5.86. The Morgan fingerprint density at radius 1 is 1.04 bits per heavy atom. The van der Waals surface area contributed by atoms with Gasteiger partial charge in [-0.05, 0) is 43.7 Å². The number of pyridine rings is 1. The summed E-state index contributed by atoms with van der Waals surface area (Å²) in [5.41, 5.74) is -2.79. The number of halogens is 7. The second-order valence-electron chi connectivity index (χ2n) is 11.6. The molecular formula is C32H26ClF6N5O2S. The molecule has 0 unspecified atom stereocenters. The molecule has 1 amide bonds. The molecule has 4 heterocycles. The summed E-state index contributed by atoms with van der Waals surface area (Å²) in [4.78, 5) is 37.7. The zero-order valence-corrected chi connectivity index (χ0v) is 26.5. The van der Waals surface area contributed by atoms with E-state index in [1.807, 2.05) is 0 Å². The second-order valence-corrected chi connectivity index (χ2v) is 13.0. The monoisotopic (exact) mass is 693 g/mol. The molecule has 2 aromatic heterocycles. The van der Waals surface area contributed by atoms with E-state index in [1.54, 1.807) is 23.6 Å². The Kier molecular flexibility index (Phi) is 8.54. The van der Waals surface area contributed by atoms with E-state index in [2.05, 4.69) is 16.5 Å². The molecule has 2 aromatic carbocycles. The van der Waals surface area contributed by atoms with Gasteiger partial charge >= 0.3 is 11.9 Å². The largest absolute Gasteiger partial charge is 0.417 e. The van der Waals surface area contributed by atoms with Crippen molar-refractivity contribution in [2.45, 2.75) is 49.5 Å². The number of amides is 1. The van der Waals surface area contributed by atoms with E-state index in [9.17, 15) is 18.4 Å². The van der Waals surface area contributed by atoms with Crippen LogP contribution in [0.3, 0.4) is 0 Å². The van der Waals surface area contributed by atoms with E-state index in [1.165, 1.54) is 22.9 Å². The van der Waals surface area contributed by atoms with Crippen LogP contribution >= 0.6 is 23.4 Å². The second kappa shape index (κ2) is 12.2. The number of rotatable bonds is 4. The number of carbonyl (C=O) groups is 1. The first-order valence-electron chi connectivity index (χ1n) is 14.5. The van der Waals surface area contributed by atoms with Crippen LogP contribution in [0.4, 0.5) is 32.2 Å². The maximum absolute atomic E-state index is 15.4. The maximum atomic E-state index is 15.4. The van der Waals surface area contributed by atoms with Gasteiger partial charge in [-0.2, -0.15) is 18.2 Å². The van der Waals surface area contributed by atoms with Crippen molar-refractivity contribution in [1.82, 2.24) is 19.4 Å². The summed E-state index contributed by atoms with van der Waals surface area (Å²) in [5.74, 6) is -3.98. The number of hydrogen-bond acceptors (Lipinski definition) is 6. The summed E-state index contributed by atoms with van der Waals surface area (Å²) in [6.07, 6.45) is -1.45. The van der Waals surface area contributed by atoms with Crippen LogP contribution in [0.2, 0.25) is 5.02 Å². The lowest BCUT2D eigenvalue weighted by atomic mass is 9.95. The first-order chi connectivity index (χ1) is 22.2. The molecule has 7 nitrogen and oxygen atoms in total. The molecule has 246 valence electrons.